The predicted molar refractivity (Wildman–Crippen MR) is 123 cm³/mol. The summed E-state index contributed by atoms with van der Waals surface area (Å²) in [5.41, 5.74) is 2.74. The van der Waals surface area contributed by atoms with Gasteiger partial charge in [-0.15, -0.1) is 0 Å². The second kappa shape index (κ2) is 14.6. The van der Waals surface area contributed by atoms with E-state index in [-0.39, 0.29) is 0 Å². The number of ketones is 1. The summed E-state index contributed by atoms with van der Waals surface area (Å²) < 4.78 is 0. The molecule has 0 atom stereocenters. The van der Waals surface area contributed by atoms with Crippen LogP contribution in [0, 0.1) is 5.92 Å². The summed E-state index contributed by atoms with van der Waals surface area (Å²) in [4.78, 5) is 16.8. The van der Waals surface area contributed by atoms with Crippen LogP contribution in [0.1, 0.15) is 79.6 Å². The van der Waals surface area contributed by atoms with E-state index in [4.69, 9.17) is 0 Å². The highest BCUT2D eigenvalue weighted by Crippen LogP contribution is 2.25. The highest BCUT2D eigenvalue weighted by Gasteiger charge is 2.18. The van der Waals surface area contributed by atoms with E-state index in [1.54, 1.807) is 0 Å². The van der Waals surface area contributed by atoms with E-state index in [1.807, 2.05) is 6.92 Å². The van der Waals surface area contributed by atoms with Crippen molar-refractivity contribution in [1.29, 1.82) is 0 Å². The standard InChI is InChI=1S/C25H44N2O/c1-6-9-10-14-23-20-27(21-24(23)15-16-25(28)7-2)19-12-18-26(8-3)17-11-13-22(4)5/h9-10,14,21-22H,6-8,11-13,15-20H2,1-5H3/b10-9-,23-14+. The van der Waals surface area contributed by atoms with Gasteiger partial charge in [-0.05, 0) is 68.8 Å². The maximum absolute atomic E-state index is 11.7. The summed E-state index contributed by atoms with van der Waals surface area (Å²) >= 11 is 0. The molecule has 0 N–H and O–H groups in total. The summed E-state index contributed by atoms with van der Waals surface area (Å²) in [5.74, 6) is 1.17. The van der Waals surface area contributed by atoms with Crippen LogP contribution in [0.2, 0.25) is 0 Å². The Kier molecular flexibility index (Phi) is 12.9. The van der Waals surface area contributed by atoms with Gasteiger partial charge in [0.15, 0.2) is 0 Å². The number of carbonyl (C=O) groups excluding carboxylic acids is 1. The van der Waals surface area contributed by atoms with Crippen molar-refractivity contribution in [3.8, 4) is 0 Å². The third kappa shape index (κ3) is 10.3. The molecule has 28 heavy (non-hydrogen) atoms. The quantitative estimate of drug-likeness (QED) is 0.344. The Morgan fingerprint density at radius 2 is 1.96 bits per heavy atom. The lowest BCUT2D eigenvalue weighted by Crippen LogP contribution is -2.28. The van der Waals surface area contributed by atoms with Crippen molar-refractivity contribution in [3.63, 3.8) is 0 Å². The first-order chi connectivity index (χ1) is 13.5. The Morgan fingerprint density at radius 3 is 2.61 bits per heavy atom. The molecule has 3 nitrogen and oxygen atoms in total. The van der Waals surface area contributed by atoms with Gasteiger partial charge in [0.2, 0.25) is 0 Å². The van der Waals surface area contributed by atoms with Crippen LogP contribution < -0.4 is 0 Å². The molecule has 1 rings (SSSR count). The first kappa shape index (κ1) is 24.7. The van der Waals surface area contributed by atoms with Crippen molar-refractivity contribution in [2.24, 2.45) is 5.92 Å². The van der Waals surface area contributed by atoms with Crippen LogP contribution in [0.5, 0.6) is 0 Å². The molecule has 0 spiro atoms. The van der Waals surface area contributed by atoms with E-state index in [0.29, 0.717) is 18.6 Å². The number of hydrogen-bond acceptors (Lipinski definition) is 3. The van der Waals surface area contributed by atoms with E-state index in [0.717, 1.165) is 38.4 Å². The molecule has 0 bridgehead atoms. The highest BCUT2D eigenvalue weighted by molar-refractivity contribution is 5.78. The van der Waals surface area contributed by atoms with E-state index in [1.165, 1.54) is 43.5 Å². The Balaban J connectivity index is 2.52. The Hall–Kier alpha value is -1.35. The van der Waals surface area contributed by atoms with Gasteiger partial charge in [0.1, 0.15) is 5.78 Å². The largest absolute Gasteiger partial charge is 0.373 e. The minimum absolute atomic E-state index is 0.364. The van der Waals surface area contributed by atoms with Crippen LogP contribution in [-0.4, -0.2) is 48.3 Å². The van der Waals surface area contributed by atoms with Gasteiger partial charge in [0.25, 0.3) is 0 Å². The summed E-state index contributed by atoms with van der Waals surface area (Å²) in [6, 6.07) is 0. The van der Waals surface area contributed by atoms with Crippen molar-refractivity contribution in [1.82, 2.24) is 9.80 Å². The maximum Gasteiger partial charge on any atom is 0.132 e. The van der Waals surface area contributed by atoms with Crippen LogP contribution in [0.4, 0.5) is 0 Å². The van der Waals surface area contributed by atoms with E-state index in [2.05, 4.69) is 61.9 Å². The normalized spacial score (nSPS) is 16.2. The monoisotopic (exact) mass is 388 g/mol. The molecule has 0 saturated carbocycles. The molecular formula is C25H44N2O. The minimum atomic E-state index is 0.364. The lowest BCUT2D eigenvalue weighted by Gasteiger charge is -2.22. The van der Waals surface area contributed by atoms with Crippen LogP contribution in [0.3, 0.4) is 0 Å². The SMILES string of the molecule is CC/C=C\C=C1/CN(CCCN(CC)CCCC(C)C)C=C1CCC(=O)CC. The fourth-order valence-corrected chi connectivity index (χ4v) is 3.62. The van der Waals surface area contributed by atoms with E-state index in [9.17, 15) is 4.79 Å². The third-order valence-corrected chi connectivity index (χ3v) is 5.48. The lowest BCUT2D eigenvalue weighted by atomic mass is 10.0. The number of nitrogens with zero attached hydrogens (tertiary/aromatic N) is 2. The maximum atomic E-state index is 11.7. The molecule has 0 radical (unpaired) electrons. The fraction of sp³-hybridized carbons (Fsp3) is 0.720. The number of carbonyl (C=O) groups is 1. The second-order valence-electron chi connectivity index (χ2n) is 8.37. The molecule has 0 aliphatic carbocycles. The van der Waals surface area contributed by atoms with E-state index >= 15 is 0 Å². The van der Waals surface area contributed by atoms with Gasteiger partial charge in [0, 0.05) is 32.1 Å². The zero-order valence-electron chi connectivity index (χ0n) is 19.2. The average molecular weight is 389 g/mol. The molecule has 0 fully saturated rings. The smallest absolute Gasteiger partial charge is 0.132 e. The van der Waals surface area contributed by atoms with Crippen LogP contribution >= 0.6 is 0 Å². The summed E-state index contributed by atoms with van der Waals surface area (Å²) in [7, 11) is 0. The molecule has 1 aliphatic rings. The van der Waals surface area contributed by atoms with Crippen molar-refractivity contribution < 1.29 is 4.79 Å². The Labute approximate surface area is 174 Å². The minimum Gasteiger partial charge on any atom is -0.373 e. The fourth-order valence-electron chi connectivity index (χ4n) is 3.62. The van der Waals surface area contributed by atoms with Gasteiger partial charge in [-0.1, -0.05) is 52.8 Å². The van der Waals surface area contributed by atoms with Crippen LogP contribution in [-0.2, 0) is 4.79 Å². The molecule has 0 amide bonds. The van der Waals surface area contributed by atoms with Gasteiger partial charge >= 0.3 is 0 Å². The van der Waals surface area contributed by atoms with Gasteiger partial charge in [-0.25, -0.2) is 0 Å². The van der Waals surface area contributed by atoms with Gasteiger partial charge in [0.05, 0.1) is 0 Å². The second-order valence-corrected chi connectivity index (χ2v) is 8.37. The van der Waals surface area contributed by atoms with E-state index < -0.39 is 0 Å². The summed E-state index contributed by atoms with van der Waals surface area (Å²) in [5, 5.41) is 0. The molecule has 0 aromatic heterocycles. The topological polar surface area (TPSA) is 23.6 Å². The van der Waals surface area contributed by atoms with Crippen molar-refractivity contribution >= 4 is 5.78 Å². The molecule has 3 heteroatoms. The molecule has 1 aliphatic heterocycles. The van der Waals surface area contributed by atoms with Gasteiger partial charge < -0.3 is 9.80 Å². The zero-order valence-corrected chi connectivity index (χ0v) is 19.2. The summed E-state index contributed by atoms with van der Waals surface area (Å²) in [6.45, 7) is 16.6. The number of Topliss-reactive ketones (excluding diaryl/α,β-unsaturated/α-hetero) is 1. The summed E-state index contributed by atoms with van der Waals surface area (Å²) in [6.07, 6.45) is 16.0. The number of hydrogen-bond donors (Lipinski definition) is 0. The van der Waals surface area contributed by atoms with Crippen molar-refractivity contribution in [2.75, 3.05) is 32.7 Å². The molecule has 160 valence electrons. The van der Waals surface area contributed by atoms with Crippen LogP contribution in [0.25, 0.3) is 0 Å². The Bertz CT molecular complexity index is 531. The lowest BCUT2D eigenvalue weighted by molar-refractivity contribution is -0.118. The molecule has 0 aromatic carbocycles. The first-order valence-electron chi connectivity index (χ1n) is 11.5. The molecule has 0 unspecified atom stereocenters. The molecular weight excluding hydrogens is 344 g/mol. The number of allylic oxidation sites excluding steroid dienone is 3. The third-order valence-electron chi connectivity index (χ3n) is 5.48. The first-order valence-corrected chi connectivity index (χ1v) is 11.5. The molecule has 0 aromatic rings. The average Bonchev–Trinajstić information content (AvgIpc) is 3.06. The molecule has 0 saturated heterocycles. The van der Waals surface area contributed by atoms with Crippen LogP contribution in [0.15, 0.2) is 35.6 Å². The molecule has 1 heterocycles. The predicted octanol–water partition coefficient (Wildman–Crippen LogP) is 5.99. The zero-order chi connectivity index (χ0) is 20.8. The Morgan fingerprint density at radius 1 is 1.21 bits per heavy atom. The van der Waals surface area contributed by atoms with Gasteiger partial charge in [-0.3, -0.25) is 4.79 Å². The van der Waals surface area contributed by atoms with Crippen molar-refractivity contribution in [3.05, 3.63) is 35.6 Å². The van der Waals surface area contributed by atoms with Crippen molar-refractivity contribution in [2.45, 2.75) is 79.6 Å². The number of rotatable bonds is 15. The van der Waals surface area contributed by atoms with Gasteiger partial charge in [-0.2, -0.15) is 0 Å². The highest BCUT2D eigenvalue weighted by atomic mass is 16.1.